The summed E-state index contributed by atoms with van der Waals surface area (Å²) in [7, 11) is -4.35. The fourth-order valence-corrected chi connectivity index (χ4v) is 9.20. The molecule has 2 aliphatic rings. The minimum atomic E-state index is -3.80. The third kappa shape index (κ3) is 4.71. The molecule has 0 saturated carbocycles. The number of anilines is 1. The summed E-state index contributed by atoms with van der Waals surface area (Å²) in [5, 5.41) is 5.34. The van der Waals surface area contributed by atoms with E-state index in [0.29, 0.717) is 32.0 Å². The number of furan rings is 1. The van der Waals surface area contributed by atoms with Gasteiger partial charge < -0.3 is 14.1 Å². The van der Waals surface area contributed by atoms with Crippen LogP contribution in [0.2, 0.25) is 0 Å². The number of hydrogen-bond donors (Lipinski definition) is 1. The maximum atomic E-state index is 11.8. The second-order valence-electron chi connectivity index (χ2n) is 9.95. The lowest BCUT2D eigenvalue weighted by molar-refractivity contribution is 0.0747. The Morgan fingerprint density at radius 1 is 1.03 bits per heavy atom. The number of fused-ring (bicyclic) bond motifs is 1. The molecule has 0 amide bonds. The van der Waals surface area contributed by atoms with Gasteiger partial charge in [0.2, 0.25) is 10.0 Å². The monoisotopic (exact) mass is 540 g/mol. The Labute approximate surface area is 218 Å². The van der Waals surface area contributed by atoms with Gasteiger partial charge in [-0.3, -0.25) is 4.67 Å². The van der Waals surface area contributed by atoms with Crippen molar-refractivity contribution in [3.63, 3.8) is 0 Å². The smallest absolute Gasteiger partial charge is 0.238 e. The Morgan fingerprint density at radius 2 is 1.70 bits per heavy atom. The molecular formula is C27H33N4O4PS. The third-order valence-electron chi connectivity index (χ3n) is 7.15. The second kappa shape index (κ2) is 9.57. The number of nitrogens with two attached hydrogens (primary N) is 1. The molecule has 8 nitrogen and oxygen atoms in total. The zero-order chi connectivity index (χ0) is 26.4. The zero-order valence-electron chi connectivity index (χ0n) is 21.6. The van der Waals surface area contributed by atoms with Crippen molar-refractivity contribution in [2.45, 2.75) is 31.1 Å². The topological polar surface area (TPSA) is 101 Å². The van der Waals surface area contributed by atoms with Gasteiger partial charge in [0.1, 0.15) is 13.0 Å². The van der Waals surface area contributed by atoms with Crippen LogP contribution in [-0.2, 0) is 20.2 Å². The first-order chi connectivity index (χ1) is 17.5. The molecule has 196 valence electrons. The fourth-order valence-electron chi connectivity index (χ4n) is 5.16. The van der Waals surface area contributed by atoms with Crippen LogP contribution in [0, 0.1) is 6.92 Å². The summed E-state index contributed by atoms with van der Waals surface area (Å²) in [4.78, 5) is 2.31. The van der Waals surface area contributed by atoms with Crippen molar-refractivity contribution in [1.29, 1.82) is 0 Å². The lowest BCUT2D eigenvalue weighted by Crippen LogP contribution is -2.36. The number of ether oxygens (including phenoxy) is 1. The molecule has 5 rings (SSSR count). The van der Waals surface area contributed by atoms with Crippen LogP contribution in [0.5, 0.6) is 0 Å². The van der Waals surface area contributed by atoms with Crippen molar-refractivity contribution in [3.8, 4) is 0 Å². The highest BCUT2D eigenvalue weighted by atomic mass is 32.2. The van der Waals surface area contributed by atoms with E-state index in [2.05, 4.69) is 60.5 Å². The van der Waals surface area contributed by atoms with E-state index in [0.717, 1.165) is 17.0 Å². The van der Waals surface area contributed by atoms with Crippen LogP contribution in [0.1, 0.15) is 25.2 Å². The summed E-state index contributed by atoms with van der Waals surface area (Å²) in [6.07, 6.45) is 0. The van der Waals surface area contributed by atoms with Crippen LogP contribution in [0.3, 0.4) is 0 Å². The van der Waals surface area contributed by atoms with Gasteiger partial charge >= 0.3 is 0 Å². The van der Waals surface area contributed by atoms with Crippen molar-refractivity contribution in [3.05, 3.63) is 83.5 Å². The van der Waals surface area contributed by atoms with E-state index >= 15 is 0 Å². The van der Waals surface area contributed by atoms with E-state index < -0.39 is 17.2 Å². The lowest BCUT2D eigenvalue weighted by atomic mass is 9.84. The van der Waals surface area contributed by atoms with Crippen molar-refractivity contribution < 1.29 is 17.6 Å². The lowest BCUT2D eigenvalue weighted by Gasteiger charge is -2.37. The zero-order valence-corrected chi connectivity index (χ0v) is 23.3. The predicted molar refractivity (Wildman–Crippen MR) is 148 cm³/mol. The average molecular weight is 541 g/mol. The molecule has 0 aliphatic carbocycles. The molecular weight excluding hydrogens is 507 g/mol. The van der Waals surface area contributed by atoms with Gasteiger partial charge in [0.05, 0.1) is 23.8 Å². The summed E-state index contributed by atoms with van der Waals surface area (Å²) in [6, 6.07) is 18.9. The van der Waals surface area contributed by atoms with Gasteiger partial charge in [-0.25, -0.2) is 18.3 Å². The fraction of sp³-hybridized carbons (Fsp3) is 0.333. The first-order valence-corrected chi connectivity index (χ1v) is 15.5. The molecule has 1 unspecified atom stereocenters. The molecule has 0 radical (unpaired) electrons. The largest absolute Gasteiger partial charge is 0.459 e. The van der Waals surface area contributed by atoms with E-state index in [9.17, 15) is 8.42 Å². The SMILES string of the molecule is Cc1ccc(P(C=C2N(C)c3ccccc3C2(C)C)(=Nc2ccc(S(N)(=O)=O)cc2)N2CCOCC2)o1. The Hall–Kier alpha value is -2.68. The molecule has 3 heterocycles. The highest BCUT2D eigenvalue weighted by molar-refractivity contribution is 7.89. The van der Waals surface area contributed by atoms with Crippen LogP contribution in [-0.4, -0.2) is 46.4 Å². The number of allylic oxidation sites excluding steroid dienone is 1. The van der Waals surface area contributed by atoms with Crippen molar-refractivity contribution in [2.75, 3.05) is 38.3 Å². The molecule has 1 fully saturated rings. The van der Waals surface area contributed by atoms with Gasteiger partial charge in [0.15, 0.2) is 5.50 Å². The van der Waals surface area contributed by atoms with Gasteiger partial charge in [-0.1, -0.05) is 32.0 Å². The highest BCUT2D eigenvalue weighted by Crippen LogP contribution is 2.60. The standard InChI is InChI=1S/C27H33N4O4PS/c1-20-9-14-26(35-20)36(31-15-17-34-18-16-31,29-21-10-12-22(13-11-21)37(28,32)33)19-25-27(2,3)23-7-5-6-8-24(23)30(25)4/h5-14,19H,15-18H2,1-4H3,(H2,28,32,33). The van der Waals surface area contributed by atoms with Crippen molar-refractivity contribution in [1.82, 2.24) is 4.67 Å². The molecule has 2 N–H and O–H groups in total. The average Bonchev–Trinajstić information content (AvgIpc) is 3.39. The molecule has 0 spiro atoms. The molecule has 1 saturated heterocycles. The van der Waals surface area contributed by atoms with Gasteiger partial charge in [-0.15, -0.1) is 0 Å². The van der Waals surface area contributed by atoms with Crippen molar-refractivity contribution >= 4 is 34.1 Å². The second-order valence-corrected chi connectivity index (χ2v) is 14.3. The number of primary sulfonamides is 1. The summed E-state index contributed by atoms with van der Waals surface area (Å²) >= 11 is 0. The van der Waals surface area contributed by atoms with Crippen LogP contribution >= 0.6 is 7.21 Å². The molecule has 37 heavy (non-hydrogen) atoms. The van der Waals surface area contributed by atoms with E-state index in [-0.39, 0.29) is 10.3 Å². The first-order valence-electron chi connectivity index (χ1n) is 12.2. The van der Waals surface area contributed by atoms with Crippen molar-refractivity contribution in [2.24, 2.45) is 9.88 Å². The van der Waals surface area contributed by atoms with Gasteiger partial charge in [0.25, 0.3) is 0 Å². The minimum absolute atomic E-state index is 0.0565. The Balaban J connectivity index is 1.79. The van der Waals surface area contributed by atoms with E-state index in [1.165, 1.54) is 23.4 Å². The van der Waals surface area contributed by atoms with Gasteiger partial charge in [0, 0.05) is 36.9 Å². The number of para-hydroxylation sites is 1. The van der Waals surface area contributed by atoms with Gasteiger partial charge in [-0.2, -0.15) is 0 Å². The Kier molecular flexibility index (Phi) is 6.71. The molecule has 1 aromatic heterocycles. The molecule has 1 atom stereocenters. The number of morpholine rings is 1. The van der Waals surface area contributed by atoms with Crippen LogP contribution < -0.4 is 15.5 Å². The maximum Gasteiger partial charge on any atom is 0.238 e. The number of hydrogen-bond acceptors (Lipinski definition) is 6. The Morgan fingerprint density at radius 3 is 2.30 bits per heavy atom. The number of sulfonamides is 1. The predicted octanol–water partition coefficient (Wildman–Crippen LogP) is 4.91. The third-order valence-corrected chi connectivity index (χ3v) is 11.4. The quantitative estimate of drug-likeness (QED) is 0.462. The summed E-state index contributed by atoms with van der Waals surface area (Å²) in [6.45, 7) is 9.02. The normalized spacial score (nSPS) is 20.6. The van der Waals surface area contributed by atoms with E-state index in [1.54, 1.807) is 12.1 Å². The molecule has 0 bridgehead atoms. The summed E-state index contributed by atoms with van der Waals surface area (Å²) in [5.41, 5.74) is 4.79. The molecule has 2 aromatic carbocycles. The first kappa shape index (κ1) is 25.9. The molecule has 2 aliphatic heterocycles. The highest BCUT2D eigenvalue weighted by Gasteiger charge is 2.42. The van der Waals surface area contributed by atoms with E-state index in [1.807, 2.05) is 19.1 Å². The number of aryl methyl sites for hydroxylation is 1. The van der Waals surface area contributed by atoms with Crippen LogP contribution in [0.15, 0.2) is 86.2 Å². The van der Waals surface area contributed by atoms with Gasteiger partial charge in [-0.05, 0) is 60.8 Å². The molecule has 10 heteroatoms. The minimum Gasteiger partial charge on any atom is -0.459 e. The number of likely N-dealkylation sites (N-methyl/N-ethyl adjacent to an activating group) is 1. The number of benzene rings is 2. The van der Waals surface area contributed by atoms with Crippen LogP contribution in [0.25, 0.3) is 0 Å². The maximum absolute atomic E-state index is 11.8. The molecule has 3 aromatic rings. The summed E-state index contributed by atoms with van der Waals surface area (Å²) < 4.78 is 43.5. The number of nitrogens with zero attached hydrogens (tertiary/aromatic N) is 3. The van der Waals surface area contributed by atoms with E-state index in [4.69, 9.17) is 19.0 Å². The number of rotatable bonds is 5. The Bertz CT molecular complexity index is 1500. The van der Waals surface area contributed by atoms with Crippen LogP contribution in [0.4, 0.5) is 11.4 Å². The summed E-state index contributed by atoms with van der Waals surface area (Å²) in [5.74, 6) is 3.12.